The van der Waals surface area contributed by atoms with Crippen LogP contribution in [-0.2, 0) is 20.1 Å². The van der Waals surface area contributed by atoms with E-state index in [9.17, 15) is 24.2 Å². The van der Waals surface area contributed by atoms with E-state index in [2.05, 4.69) is 31.7 Å². The van der Waals surface area contributed by atoms with Gasteiger partial charge in [0.05, 0.1) is 24.8 Å². The van der Waals surface area contributed by atoms with Crippen LogP contribution in [0.5, 0.6) is 0 Å². The molecule has 1 aromatic carbocycles. The maximum atomic E-state index is 12.0. The van der Waals surface area contributed by atoms with E-state index in [4.69, 9.17) is 25.9 Å². The van der Waals surface area contributed by atoms with Crippen molar-refractivity contribution < 1.29 is 38.5 Å². The van der Waals surface area contributed by atoms with Crippen molar-refractivity contribution in [2.24, 2.45) is 5.92 Å². The Kier molecular flexibility index (Phi) is 7.16. The Morgan fingerprint density at radius 3 is 2.65 bits per heavy atom. The first kappa shape index (κ1) is 26.6. The third-order valence-electron chi connectivity index (χ3n) is 6.68. The van der Waals surface area contributed by atoms with Gasteiger partial charge in [0.2, 0.25) is 5.28 Å². The summed E-state index contributed by atoms with van der Waals surface area (Å²) in [6, 6.07) is 7.22. The zero-order valence-electron chi connectivity index (χ0n) is 19.2. The maximum absolute atomic E-state index is 12.0. The highest BCUT2D eigenvalue weighted by atomic mass is 35.5. The van der Waals surface area contributed by atoms with Crippen molar-refractivity contribution in [3.8, 4) is 0 Å². The quantitative estimate of drug-likeness (QED) is 0.167. The van der Waals surface area contributed by atoms with Crippen molar-refractivity contribution in [1.29, 1.82) is 0 Å². The third kappa shape index (κ3) is 5.58. The second kappa shape index (κ2) is 9.96. The summed E-state index contributed by atoms with van der Waals surface area (Å²) in [6.07, 6.45) is -0.915. The van der Waals surface area contributed by atoms with E-state index in [1.807, 2.05) is 18.2 Å². The fourth-order valence-corrected chi connectivity index (χ4v) is 7.77. The van der Waals surface area contributed by atoms with Gasteiger partial charge in [-0.3, -0.25) is 9.13 Å². The fraction of sp³-hybridized carbons (Fsp3) is 0.500. The van der Waals surface area contributed by atoms with E-state index in [1.54, 1.807) is 0 Å². The summed E-state index contributed by atoms with van der Waals surface area (Å²) < 4.78 is 29.2. The van der Waals surface area contributed by atoms with Gasteiger partial charge in [-0.1, -0.05) is 29.5 Å². The number of hydrogen-bond donors (Lipinski definition) is 6. The number of nitrogens with zero attached hydrogens (tertiary/aromatic N) is 5. The molecule has 0 radical (unpaired) electrons. The molecule has 0 bridgehead atoms. The molecule has 1 saturated carbocycles. The van der Waals surface area contributed by atoms with Crippen LogP contribution in [0.3, 0.4) is 0 Å². The molecule has 17 heteroatoms. The number of halogens is 1. The maximum Gasteiger partial charge on any atom is 0.340 e. The van der Waals surface area contributed by atoms with Gasteiger partial charge in [0.25, 0.3) is 0 Å². The molecule has 5 rings (SSSR count). The number of hydrogen-bond acceptors (Lipinski definition) is 10. The Hall–Kier alpha value is -1.99. The average molecular weight is 575 g/mol. The van der Waals surface area contributed by atoms with E-state index in [1.165, 1.54) is 10.2 Å². The predicted octanol–water partition coefficient (Wildman–Crippen LogP) is 1.59. The van der Waals surface area contributed by atoms with E-state index in [-0.39, 0.29) is 23.4 Å². The number of benzene rings is 1. The number of aliphatic hydroxyl groups is 2. The average Bonchev–Trinajstić information content (AvgIpc) is 3.48. The Balaban J connectivity index is 1.37. The van der Waals surface area contributed by atoms with Crippen LogP contribution in [0.2, 0.25) is 5.28 Å². The molecule has 14 nitrogen and oxygen atoms in total. The smallest absolute Gasteiger partial charge is 0.340 e. The summed E-state index contributed by atoms with van der Waals surface area (Å²) >= 11 is 6.21. The standard InChI is InChI=1S/C20H25ClN6O8P2/c21-20-23-18(22-13-6-5-10-3-1-2-4-12(10)13)15-19(24-20)27(26-25-15)14-7-11(16(28)17(14)29)8-35-37(33,34)9-36(30,31)32/h1-4,11,13-14,16-17,28-29H,5-9H2,(H,33,34)(H,22,23,24)(H2,30,31,32)/t11-,13+,14+,16-,17+/m1/s1. The lowest BCUT2D eigenvalue weighted by Crippen LogP contribution is -2.31. The summed E-state index contributed by atoms with van der Waals surface area (Å²) in [5.74, 6) is -1.81. The number of aromatic nitrogens is 5. The summed E-state index contributed by atoms with van der Waals surface area (Å²) in [6.45, 7) is -0.515. The topological polar surface area (TPSA) is 213 Å². The van der Waals surface area contributed by atoms with E-state index in [0.717, 1.165) is 18.4 Å². The SMILES string of the molecule is O=P(O)(O)CP(=O)(O)OC[C@H]1C[C@H](n2nnc3c(N[C@H]4CCc5ccccc54)nc(Cl)nc32)[C@H](O)[C@@H]1O. The second-order valence-corrected chi connectivity index (χ2v) is 13.6. The van der Waals surface area contributed by atoms with Crippen molar-refractivity contribution in [3.63, 3.8) is 0 Å². The van der Waals surface area contributed by atoms with Crippen LogP contribution in [0.4, 0.5) is 5.82 Å². The molecule has 2 aliphatic rings. The zero-order chi connectivity index (χ0) is 26.5. The van der Waals surface area contributed by atoms with E-state index < -0.39 is 51.9 Å². The molecule has 200 valence electrons. The number of fused-ring (bicyclic) bond motifs is 2. The molecule has 2 aromatic heterocycles. The highest BCUT2D eigenvalue weighted by molar-refractivity contribution is 7.70. The number of aliphatic hydroxyl groups excluding tert-OH is 2. The minimum atomic E-state index is -4.80. The summed E-state index contributed by atoms with van der Waals surface area (Å²) in [7, 11) is -9.42. The monoisotopic (exact) mass is 574 g/mol. The zero-order valence-corrected chi connectivity index (χ0v) is 21.7. The summed E-state index contributed by atoms with van der Waals surface area (Å²) in [4.78, 5) is 36.1. The van der Waals surface area contributed by atoms with Crippen LogP contribution in [-0.4, -0.2) is 74.6 Å². The van der Waals surface area contributed by atoms with Gasteiger partial charge in [-0.15, -0.1) is 5.10 Å². The van der Waals surface area contributed by atoms with E-state index >= 15 is 0 Å². The van der Waals surface area contributed by atoms with Crippen LogP contribution in [0.15, 0.2) is 24.3 Å². The molecule has 6 N–H and O–H groups in total. The minimum absolute atomic E-state index is 0.0155. The molecule has 3 aromatic rings. The van der Waals surface area contributed by atoms with Crippen molar-refractivity contribution in [1.82, 2.24) is 25.0 Å². The number of nitrogens with one attached hydrogen (secondary N) is 1. The van der Waals surface area contributed by atoms with Crippen LogP contribution in [0.1, 0.15) is 36.1 Å². The summed E-state index contributed by atoms with van der Waals surface area (Å²) in [5.41, 5.74) is 2.93. The first-order chi connectivity index (χ1) is 17.4. The number of anilines is 1. The Morgan fingerprint density at radius 2 is 1.89 bits per heavy atom. The molecule has 2 aliphatic carbocycles. The van der Waals surface area contributed by atoms with Crippen molar-refractivity contribution in [2.75, 3.05) is 17.8 Å². The molecular weight excluding hydrogens is 550 g/mol. The molecular formula is C20H25ClN6O8P2. The second-order valence-electron chi connectivity index (χ2n) is 9.27. The van der Waals surface area contributed by atoms with Crippen LogP contribution in [0, 0.1) is 5.92 Å². The molecule has 0 aliphatic heterocycles. The van der Waals surface area contributed by atoms with Gasteiger partial charge in [0.1, 0.15) is 6.10 Å². The lowest BCUT2D eigenvalue weighted by molar-refractivity contribution is -0.00362. The Bertz CT molecular complexity index is 1420. The van der Waals surface area contributed by atoms with Gasteiger partial charge >= 0.3 is 15.2 Å². The van der Waals surface area contributed by atoms with Crippen molar-refractivity contribution in [2.45, 2.75) is 43.6 Å². The normalized spacial score (nSPS) is 27.4. The Labute approximate surface area is 215 Å². The third-order valence-corrected chi connectivity index (χ3v) is 10.3. The molecule has 37 heavy (non-hydrogen) atoms. The number of aryl methyl sites for hydroxylation is 1. The number of rotatable bonds is 8. The predicted molar refractivity (Wildman–Crippen MR) is 131 cm³/mol. The van der Waals surface area contributed by atoms with Crippen molar-refractivity contribution >= 4 is 43.8 Å². The van der Waals surface area contributed by atoms with Gasteiger partial charge < -0.3 is 34.7 Å². The molecule has 6 atom stereocenters. The molecule has 0 amide bonds. The highest BCUT2D eigenvalue weighted by Gasteiger charge is 2.45. The Morgan fingerprint density at radius 1 is 1.14 bits per heavy atom. The highest BCUT2D eigenvalue weighted by Crippen LogP contribution is 2.56. The van der Waals surface area contributed by atoms with Gasteiger partial charge in [-0.2, -0.15) is 9.97 Å². The van der Waals surface area contributed by atoms with Crippen LogP contribution in [0.25, 0.3) is 11.2 Å². The van der Waals surface area contributed by atoms with Crippen molar-refractivity contribution in [3.05, 3.63) is 40.7 Å². The molecule has 0 saturated heterocycles. The lowest BCUT2D eigenvalue weighted by Gasteiger charge is -2.19. The lowest BCUT2D eigenvalue weighted by atomic mass is 10.1. The largest absolute Gasteiger partial charge is 0.390 e. The van der Waals surface area contributed by atoms with Gasteiger partial charge in [-0.25, -0.2) is 4.68 Å². The minimum Gasteiger partial charge on any atom is -0.390 e. The van der Waals surface area contributed by atoms with Crippen LogP contribution < -0.4 is 5.32 Å². The van der Waals surface area contributed by atoms with Gasteiger partial charge in [-0.05, 0) is 42.0 Å². The fourth-order valence-electron chi connectivity index (χ4n) is 4.99. The summed E-state index contributed by atoms with van der Waals surface area (Å²) in [5, 5.41) is 32.8. The van der Waals surface area contributed by atoms with Gasteiger partial charge in [0.15, 0.2) is 22.9 Å². The molecule has 2 heterocycles. The molecule has 0 spiro atoms. The molecule has 1 fully saturated rings. The van der Waals surface area contributed by atoms with Crippen LogP contribution >= 0.6 is 26.8 Å². The first-order valence-corrected chi connectivity index (χ1v) is 15.4. The first-order valence-electron chi connectivity index (χ1n) is 11.4. The van der Waals surface area contributed by atoms with Gasteiger partial charge in [0, 0.05) is 5.92 Å². The van der Waals surface area contributed by atoms with E-state index in [0.29, 0.717) is 11.3 Å². The molecule has 1 unspecified atom stereocenters.